The number of benzene rings is 2. The SMILES string of the molecule is Nc1nccc(-c2ccc(OCc3ccc(Cl)cc3Cl)cc2)n1. The van der Waals surface area contributed by atoms with Gasteiger partial charge in [0.05, 0.1) is 5.69 Å². The molecule has 6 heteroatoms. The molecule has 23 heavy (non-hydrogen) atoms. The van der Waals surface area contributed by atoms with Gasteiger partial charge in [0.15, 0.2) is 0 Å². The highest BCUT2D eigenvalue weighted by molar-refractivity contribution is 6.35. The lowest BCUT2D eigenvalue weighted by molar-refractivity contribution is 0.306. The van der Waals surface area contributed by atoms with Gasteiger partial charge in [-0.2, -0.15) is 0 Å². The molecule has 0 amide bonds. The lowest BCUT2D eigenvalue weighted by atomic mass is 10.1. The number of nitrogens with two attached hydrogens (primary N) is 1. The summed E-state index contributed by atoms with van der Waals surface area (Å²) in [6.07, 6.45) is 1.63. The van der Waals surface area contributed by atoms with Crippen molar-refractivity contribution in [2.24, 2.45) is 0 Å². The van der Waals surface area contributed by atoms with Crippen molar-refractivity contribution in [1.82, 2.24) is 9.97 Å². The van der Waals surface area contributed by atoms with Gasteiger partial charge in [0.1, 0.15) is 12.4 Å². The summed E-state index contributed by atoms with van der Waals surface area (Å²) in [7, 11) is 0. The van der Waals surface area contributed by atoms with E-state index in [4.69, 9.17) is 33.7 Å². The molecule has 1 aromatic heterocycles. The van der Waals surface area contributed by atoms with Gasteiger partial charge in [0, 0.05) is 27.4 Å². The van der Waals surface area contributed by atoms with Crippen LogP contribution >= 0.6 is 23.2 Å². The molecule has 0 fully saturated rings. The molecule has 2 aromatic carbocycles. The maximum absolute atomic E-state index is 6.13. The van der Waals surface area contributed by atoms with Crippen LogP contribution in [0.25, 0.3) is 11.3 Å². The van der Waals surface area contributed by atoms with Crippen LogP contribution in [0.3, 0.4) is 0 Å². The Hall–Kier alpha value is -2.30. The molecule has 0 bridgehead atoms. The number of aromatic nitrogens is 2. The van der Waals surface area contributed by atoms with Gasteiger partial charge in [-0.1, -0.05) is 29.3 Å². The standard InChI is InChI=1S/C17H13Cl2N3O/c18-13-4-1-12(15(19)9-13)10-23-14-5-2-11(3-6-14)16-7-8-21-17(20)22-16/h1-9H,10H2,(H2,20,21,22). The molecule has 0 atom stereocenters. The van der Waals surface area contributed by atoms with Crippen LogP contribution in [0.2, 0.25) is 10.0 Å². The lowest BCUT2D eigenvalue weighted by Gasteiger charge is -2.09. The van der Waals surface area contributed by atoms with Gasteiger partial charge >= 0.3 is 0 Å². The Labute approximate surface area is 143 Å². The number of halogens is 2. The van der Waals surface area contributed by atoms with E-state index in [0.717, 1.165) is 22.6 Å². The Morgan fingerprint density at radius 3 is 2.48 bits per heavy atom. The Kier molecular flexibility index (Phi) is 4.65. The van der Waals surface area contributed by atoms with Gasteiger partial charge in [-0.15, -0.1) is 0 Å². The Morgan fingerprint density at radius 1 is 1.00 bits per heavy atom. The summed E-state index contributed by atoms with van der Waals surface area (Å²) >= 11 is 12.0. The number of anilines is 1. The number of rotatable bonds is 4. The molecule has 0 radical (unpaired) electrons. The van der Waals surface area contributed by atoms with E-state index in [1.807, 2.05) is 30.3 Å². The van der Waals surface area contributed by atoms with Crippen LogP contribution in [0.4, 0.5) is 5.95 Å². The van der Waals surface area contributed by atoms with E-state index in [1.165, 1.54) is 0 Å². The average molecular weight is 346 g/mol. The van der Waals surface area contributed by atoms with Crippen molar-refractivity contribution in [2.45, 2.75) is 6.61 Å². The molecule has 0 aliphatic heterocycles. The first-order valence-corrected chi connectivity index (χ1v) is 7.63. The van der Waals surface area contributed by atoms with Crippen LogP contribution < -0.4 is 10.5 Å². The highest BCUT2D eigenvalue weighted by atomic mass is 35.5. The summed E-state index contributed by atoms with van der Waals surface area (Å²) in [6.45, 7) is 0.371. The minimum Gasteiger partial charge on any atom is -0.489 e. The Morgan fingerprint density at radius 2 is 1.78 bits per heavy atom. The number of nitrogen functional groups attached to an aromatic ring is 1. The third-order valence-corrected chi connectivity index (χ3v) is 3.82. The van der Waals surface area contributed by atoms with Gasteiger partial charge in [-0.3, -0.25) is 0 Å². The minimum absolute atomic E-state index is 0.250. The van der Waals surface area contributed by atoms with Gasteiger partial charge < -0.3 is 10.5 Å². The molecule has 0 saturated carbocycles. The average Bonchev–Trinajstić information content (AvgIpc) is 2.54. The Balaban J connectivity index is 1.70. The van der Waals surface area contributed by atoms with Gasteiger partial charge in [-0.05, 0) is 42.5 Å². The van der Waals surface area contributed by atoms with Crippen molar-refractivity contribution in [1.29, 1.82) is 0 Å². The van der Waals surface area contributed by atoms with Crippen LogP contribution in [-0.4, -0.2) is 9.97 Å². The van der Waals surface area contributed by atoms with E-state index in [2.05, 4.69) is 9.97 Å². The zero-order valence-electron chi connectivity index (χ0n) is 12.0. The molecule has 3 rings (SSSR count). The normalized spacial score (nSPS) is 10.5. The molecule has 0 unspecified atom stereocenters. The van der Waals surface area contributed by atoms with Crippen molar-refractivity contribution in [3.05, 3.63) is 70.3 Å². The predicted molar refractivity (Wildman–Crippen MR) is 92.7 cm³/mol. The predicted octanol–water partition coefficient (Wildman–Crippen LogP) is 4.61. The second-order valence-electron chi connectivity index (χ2n) is 4.85. The molecule has 0 spiro atoms. The van der Waals surface area contributed by atoms with Crippen molar-refractivity contribution in [2.75, 3.05) is 5.73 Å². The van der Waals surface area contributed by atoms with Crippen LogP contribution in [0.5, 0.6) is 5.75 Å². The van der Waals surface area contributed by atoms with E-state index in [0.29, 0.717) is 16.7 Å². The van der Waals surface area contributed by atoms with E-state index >= 15 is 0 Å². The number of hydrogen-bond acceptors (Lipinski definition) is 4. The molecule has 4 nitrogen and oxygen atoms in total. The van der Waals surface area contributed by atoms with E-state index < -0.39 is 0 Å². The van der Waals surface area contributed by atoms with E-state index in [9.17, 15) is 0 Å². The van der Waals surface area contributed by atoms with Crippen LogP contribution in [0.15, 0.2) is 54.7 Å². The monoisotopic (exact) mass is 345 g/mol. The summed E-state index contributed by atoms with van der Waals surface area (Å²) in [5, 5.41) is 1.19. The van der Waals surface area contributed by atoms with Crippen LogP contribution in [0, 0.1) is 0 Å². The van der Waals surface area contributed by atoms with Crippen molar-refractivity contribution in [3.8, 4) is 17.0 Å². The number of hydrogen-bond donors (Lipinski definition) is 1. The third kappa shape index (κ3) is 3.92. The zero-order valence-corrected chi connectivity index (χ0v) is 13.6. The summed E-state index contributed by atoms with van der Waals surface area (Å²) in [5.41, 5.74) is 8.18. The fourth-order valence-corrected chi connectivity index (χ4v) is 2.52. The largest absolute Gasteiger partial charge is 0.489 e. The molecular formula is C17H13Cl2N3O. The maximum atomic E-state index is 6.13. The number of ether oxygens (including phenoxy) is 1. The summed E-state index contributed by atoms with van der Waals surface area (Å²) in [4.78, 5) is 8.06. The second kappa shape index (κ2) is 6.86. The third-order valence-electron chi connectivity index (χ3n) is 3.23. The summed E-state index contributed by atoms with van der Waals surface area (Å²) in [5.74, 6) is 0.988. The smallest absolute Gasteiger partial charge is 0.220 e. The first-order valence-electron chi connectivity index (χ1n) is 6.87. The minimum atomic E-state index is 0.250. The first-order chi connectivity index (χ1) is 11.1. The van der Waals surface area contributed by atoms with E-state index in [-0.39, 0.29) is 5.95 Å². The van der Waals surface area contributed by atoms with Crippen molar-refractivity contribution < 1.29 is 4.74 Å². The molecule has 116 valence electrons. The maximum Gasteiger partial charge on any atom is 0.220 e. The highest BCUT2D eigenvalue weighted by Gasteiger charge is 2.04. The molecule has 3 aromatic rings. The lowest BCUT2D eigenvalue weighted by Crippen LogP contribution is -1.97. The quantitative estimate of drug-likeness (QED) is 0.749. The zero-order chi connectivity index (χ0) is 16.2. The van der Waals surface area contributed by atoms with Crippen molar-refractivity contribution >= 4 is 29.2 Å². The highest BCUT2D eigenvalue weighted by Crippen LogP contribution is 2.24. The molecule has 1 heterocycles. The topological polar surface area (TPSA) is 61.0 Å². The van der Waals surface area contributed by atoms with Gasteiger partial charge in [0.25, 0.3) is 0 Å². The first kappa shape index (κ1) is 15.6. The molecule has 2 N–H and O–H groups in total. The van der Waals surface area contributed by atoms with Crippen molar-refractivity contribution in [3.63, 3.8) is 0 Å². The molecule has 0 aliphatic carbocycles. The van der Waals surface area contributed by atoms with Gasteiger partial charge in [0.2, 0.25) is 5.95 Å². The number of nitrogens with zero attached hydrogens (tertiary/aromatic N) is 2. The molecular weight excluding hydrogens is 333 g/mol. The summed E-state index contributed by atoms with van der Waals surface area (Å²) in [6, 6.07) is 14.7. The Bertz CT molecular complexity index is 822. The van der Waals surface area contributed by atoms with Gasteiger partial charge in [-0.25, -0.2) is 9.97 Å². The second-order valence-corrected chi connectivity index (χ2v) is 5.69. The fourth-order valence-electron chi connectivity index (χ4n) is 2.06. The van der Waals surface area contributed by atoms with Crippen LogP contribution in [-0.2, 0) is 6.61 Å². The molecule has 0 saturated heterocycles. The fraction of sp³-hybridized carbons (Fsp3) is 0.0588. The van der Waals surface area contributed by atoms with Crippen LogP contribution in [0.1, 0.15) is 5.56 Å². The molecule has 0 aliphatic rings. The summed E-state index contributed by atoms with van der Waals surface area (Å²) < 4.78 is 5.74. The van der Waals surface area contributed by atoms with E-state index in [1.54, 1.807) is 24.4 Å².